The third-order valence-corrected chi connectivity index (χ3v) is 4.35. The van der Waals surface area contributed by atoms with E-state index in [1.807, 2.05) is 4.68 Å². The Morgan fingerprint density at radius 3 is 2.71 bits per heavy atom. The molecule has 120 valence electrons. The molecule has 1 aliphatic rings. The van der Waals surface area contributed by atoms with Gasteiger partial charge >= 0.3 is 0 Å². The maximum absolute atomic E-state index is 6.40. The second-order valence-corrected chi connectivity index (χ2v) is 5.74. The van der Waals surface area contributed by atoms with E-state index in [1.54, 1.807) is 0 Å². The van der Waals surface area contributed by atoms with E-state index in [0.29, 0.717) is 0 Å². The Morgan fingerprint density at radius 1 is 1.29 bits per heavy atom. The molecule has 2 rings (SSSR count). The van der Waals surface area contributed by atoms with Crippen LogP contribution in [-0.4, -0.2) is 54.1 Å². The summed E-state index contributed by atoms with van der Waals surface area (Å²) in [5.74, 6) is 0. The highest BCUT2D eigenvalue weighted by atomic mass is 35.5. The van der Waals surface area contributed by atoms with Gasteiger partial charge in [0.1, 0.15) is 0 Å². The third-order valence-electron chi connectivity index (χ3n) is 3.92. The zero-order chi connectivity index (χ0) is 15.1. The van der Waals surface area contributed by atoms with E-state index >= 15 is 0 Å². The summed E-state index contributed by atoms with van der Waals surface area (Å²) < 4.78 is 7.37. The number of morpholine rings is 1. The Kier molecular flexibility index (Phi) is 6.96. The first-order valence-corrected chi connectivity index (χ1v) is 8.38. The number of ether oxygens (including phenoxy) is 1. The van der Waals surface area contributed by atoms with Crippen molar-refractivity contribution in [3.8, 4) is 0 Å². The van der Waals surface area contributed by atoms with Crippen LogP contribution < -0.4 is 5.32 Å². The van der Waals surface area contributed by atoms with Gasteiger partial charge in [0.25, 0.3) is 0 Å². The third kappa shape index (κ3) is 4.68. The number of rotatable bonds is 8. The maximum Gasteiger partial charge on any atom is 0.0863 e. The monoisotopic (exact) mass is 314 g/mol. The summed E-state index contributed by atoms with van der Waals surface area (Å²) in [5, 5.41) is 8.87. The van der Waals surface area contributed by atoms with Gasteiger partial charge < -0.3 is 10.1 Å². The number of nitrogens with zero attached hydrogens (tertiary/aromatic N) is 3. The van der Waals surface area contributed by atoms with Crippen molar-refractivity contribution in [2.75, 3.05) is 39.4 Å². The molecule has 1 aromatic rings. The molecule has 0 saturated carbocycles. The molecule has 0 atom stereocenters. The first-order valence-electron chi connectivity index (χ1n) is 8.01. The minimum absolute atomic E-state index is 0.794. The van der Waals surface area contributed by atoms with Gasteiger partial charge in [0.15, 0.2) is 0 Å². The minimum atomic E-state index is 0.794. The van der Waals surface area contributed by atoms with Crippen molar-refractivity contribution in [2.24, 2.45) is 0 Å². The predicted molar refractivity (Wildman–Crippen MR) is 85.9 cm³/mol. The van der Waals surface area contributed by atoms with Gasteiger partial charge in [-0.3, -0.25) is 9.58 Å². The summed E-state index contributed by atoms with van der Waals surface area (Å²) in [4.78, 5) is 2.46. The lowest BCUT2D eigenvalue weighted by atomic mass is 10.3. The summed E-state index contributed by atoms with van der Waals surface area (Å²) in [7, 11) is 0. The van der Waals surface area contributed by atoms with Crippen LogP contribution in [0, 0.1) is 0 Å². The number of aryl methyl sites for hydroxylation is 2. The lowest BCUT2D eigenvalue weighted by molar-refractivity contribution is 0.0374. The van der Waals surface area contributed by atoms with Crippen LogP contribution in [0.15, 0.2) is 0 Å². The highest BCUT2D eigenvalue weighted by Crippen LogP contribution is 2.21. The Hall–Kier alpha value is -0.620. The van der Waals surface area contributed by atoms with Crippen molar-refractivity contribution in [3.05, 3.63) is 16.4 Å². The Balaban J connectivity index is 1.71. The molecule has 0 spiro atoms. The van der Waals surface area contributed by atoms with Crippen LogP contribution in [0.2, 0.25) is 5.02 Å². The van der Waals surface area contributed by atoms with Crippen LogP contribution in [0.3, 0.4) is 0 Å². The molecule has 0 bridgehead atoms. The quantitative estimate of drug-likeness (QED) is 0.745. The van der Waals surface area contributed by atoms with Crippen molar-refractivity contribution < 1.29 is 4.74 Å². The number of nitrogens with one attached hydrogen (secondary N) is 1. The number of hydrogen-bond donors (Lipinski definition) is 1. The van der Waals surface area contributed by atoms with Gasteiger partial charge in [0.05, 0.1) is 29.6 Å². The number of halogens is 1. The molecule has 1 saturated heterocycles. The van der Waals surface area contributed by atoms with E-state index in [9.17, 15) is 0 Å². The second kappa shape index (κ2) is 8.73. The number of aromatic nitrogens is 2. The lowest BCUT2D eigenvalue weighted by Crippen LogP contribution is -2.37. The molecule has 6 heteroatoms. The highest BCUT2D eigenvalue weighted by Gasteiger charge is 2.14. The van der Waals surface area contributed by atoms with Crippen LogP contribution in [0.1, 0.15) is 31.7 Å². The summed E-state index contributed by atoms with van der Waals surface area (Å²) >= 11 is 6.40. The Labute approximate surface area is 132 Å². The van der Waals surface area contributed by atoms with Gasteiger partial charge in [-0.05, 0) is 32.9 Å². The minimum Gasteiger partial charge on any atom is -0.379 e. The van der Waals surface area contributed by atoms with Gasteiger partial charge in [-0.1, -0.05) is 18.5 Å². The van der Waals surface area contributed by atoms with Crippen molar-refractivity contribution in [1.29, 1.82) is 0 Å². The lowest BCUT2D eigenvalue weighted by Gasteiger charge is -2.26. The van der Waals surface area contributed by atoms with Crippen LogP contribution >= 0.6 is 11.6 Å². The molecule has 1 fully saturated rings. The Morgan fingerprint density at radius 2 is 2.05 bits per heavy atom. The van der Waals surface area contributed by atoms with E-state index in [4.69, 9.17) is 16.3 Å². The SMILES string of the molecule is CCc1nn(CC)c(CNCCCN2CCOCC2)c1Cl. The van der Waals surface area contributed by atoms with Crippen molar-refractivity contribution in [2.45, 2.75) is 39.8 Å². The van der Waals surface area contributed by atoms with Gasteiger partial charge in [-0.15, -0.1) is 0 Å². The molecule has 0 aliphatic carbocycles. The molecule has 0 unspecified atom stereocenters. The largest absolute Gasteiger partial charge is 0.379 e. The molecule has 1 N–H and O–H groups in total. The fraction of sp³-hybridized carbons (Fsp3) is 0.800. The van der Waals surface area contributed by atoms with Crippen LogP contribution in [0.4, 0.5) is 0 Å². The van der Waals surface area contributed by atoms with E-state index in [1.165, 1.54) is 0 Å². The summed E-state index contributed by atoms with van der Waals surface area (Å²) in [6.45, 7) is 11.9. The molecule has 0 aromatic carbocycles. The van der Waals surface area contributed by atoms with Crippen LogP contribution in [0.25, 0.3) is 0 Å². The molecular formula is C15H27ClN4O. The molecule has 0 radical (unpaired) electrons. The maximum atomic E-state index is 6.40. The average Bonchev–Trinajstić information content (AvgIpc) is 2.84. The number of hydrogen-bond acceptors (Lipinski definition) is 4. The topological polar surface area (TPSA) is 42.3 Å². The molecule has 1 aromatic heterocycles. The molecule has 5 nitrogen and oxygen atoms in total. The summed E-state index contributed by atoms with van der Waals surface area (Å²) in [6.07, 6.45) is 2.04. The van der Waals surface area contributed by atoms with E-state index < -0.39 is 0 Å². The smallest absolute Gasteiger partial charge is 0.0863 e. The van der Waals surface area contributed by atoms with Gasteiger partial charge in [0, 0.05) is 26.2 Å². The molecule has 1 aliphatic heterocycles. The first kappa shape index (κ1) is 16.7. The zero-order valence-electron chi connectivity index (χ0n) is 13.2. The van der Waals surface area contributed by atoms with E-state index in [-0.39, 0.29) is 0 Å². The first-order chi connectivity index (χ1) is 10.3. The predicted octanol–water partition coefficient (Wildman–Crippen LogP) is 1.93. The molecule has 0 amide bonds. The average molecular weight is 315 g/mol. The van der Waals surface area contributed by atoms with Crippen LogP contribution in [-0.2, 0) is 24.2 Å². The Bertz CT molecular complexity index is 430. The van der Waals surface area contributed by atoms with Crippen molar-refractivity contribution in [3.63, 3.8) is 0 Å². The summed E-state index contributed by atoms with van der Waals surface area (Å²) in [5.41, 5.74) is 2.12. The molecule has 2 heterocycles. The van der Waals surface area contributed by atoms with Crippen molar-refractivity contribution in [1.82, 2.24) is 20.0 Å². The van der Waals surface area contributed by atoms with Gasteiger partial charge in [-0.25, -0.2) is 0 Å². The highest BCUT2D eigenvalue weighted by molar-refractivity contribution is 6.31. The fourth-order valence-corrected chi connectivity index (χ4v) is 2.98. The van der Waals surface area contributed by atoms with Crippen LogP contribution in [0.5, 0.6) is 0 Å². The zero-order valence-corrected chi connectivity index (χ0v) is 14.0. The fourth-order valence-electron chi connectivity index (χ4n) is 2.65. The normalized spacial score (nSPS) is 16.5. The standard InChI is InChI=1S/C15H27ClN4O/c1-3-13-15(16)14(20(4-2)18-13)12-17-6-5-7-19-8-10-21-11-9-19/h17H,3-12H2,1-2H3. The van der Waals surface area contributed by atoms with E-state index in [2.05, 4.69) is 29.2 Å². The van der Waals surface area contributed by atoms with Gasteiger partial charge in [-0.2, -0.15) is 5.10 Å². The second-order valence-electron chi connectivity index (χ2n) is 5.36. The van der Waals surface area contributed by atoms with Gasteiger partial charge in [0.2, 0.25) is 0 Å². The van der Waals surface area contributed by atoms with Crippen molar-refractivity contribution >= 4 is 11.6 Å². The van der Waals surface area contributed by atoms with E-state index in [0.717, 1.165) is 81.7 Å². The molecular weight excluding hydrogens is 288 g/mol. The molecule has 21 heavy (non-hydrogen) atoms. The summed E-state index contributed by atoms with van der Waals surface area (Å²) in [6, 6.07) is 0.